The number of hydrogen-bond acceptors (Lipinski definition) is 2. The van der Waals surface area contributed by atoms with Crippen LogP contribution in [0.3, 0.4) is 0 Å². The molecule has 0 bridgehead atoms. The molecule has 23 heavy (non-hydrogen) atoms. The maximum atomic E-state index is 12.4. The van der Waals surface area contributed by atoms with E-state index in [4.69, 9.17) is 0 Å². The van der Waals surface area contributed by atoms with Crippen LogP contribution in [0.15, 0.2) is 59.1 Å². The molecule has 0 atom stereocenters. The van der Waals surface area contributed by atoms with Crippen molar-refractivity contribution in [2.45, 2.75) is 20.4 Å². The molecule has 2 aromatic carbocycles. The minimum atomic E-state index is 0.0364. The molecule has 0 saturated carbocycles. The number of benzene rings is 2. The zero-order valence-electron chi connectivity index (χ0n) is 13.6. The largest absolute Gasteiger partial charge is 0.300 e. The summed E-state index contributed by atoms with van der Waals surface area (Å²) in [7, 11) is 0. The Kier molecular flexibility index (Phi) is 6.75. The number of allylic oxidation sites excluding steroid dienone is 1. The van der Waals surface area contributed by atoms with Crippen LogP contribution in [0.2, 0.25) is 0 Å². The predicted molar refractivity (Wildman–Crippen MR) is 101 cm³/mol. The van der Waals surface area contributed by atoms with E-state index in [2.05, 4.69) is 40.7 Å². The average Bonchev–Trinajstić information content (AvgIpc) is 2.59. The molecule has 0 unspecified atom stereocenters. The van der Waals surface area contributed by atoms with Crippen LogP contribution >= 0.6 is 15.9 Å². The van der Waals surface area contributed by atoms with Crippen LogP contribution in [0.25, 0.3) is 6.08 Å². The minimum Gasteiger partial charge on any atom is -0.300 e. The van der Waals surface area contributed by atoms with E-state index < -0.39 is 0 Å². The van der Waals surface area contributed by atoms with Crippen LogP contribution in [-0.2, 0) is 6.54 Å². The lowest BCUT2D eigenvalue weighted by atomic mass is 10.1. The van der Waals surface area contributed by atoms with Gasteiger partial charge in [-0.25, -0.2) is 0 Å². The summed E-state index contributed by atoms with van der Waals surface area (Å²) in [6, 6.07) is 15.8. The van der Waals surface area contributed by atoms with Gasteiger partial charge in [-0.05, 0) is 48.5 Å². The molecule has 0 saturated heterocycles. The first kappa shape index (κ1) is 17.6. The summed E-state index contributed by atoms with van der Waals surface area (Å²) in [6.45, 7) is 7.21. The molecule has 0 heterocycles. The van der Waals surface area contributed by atoms with Gasteiger partial charge >= 0.3 is 0 Å². The fourth-order valence-electron chi connectivity index (χ4n) is 2.37. The molecule has 0 aliphatic heterocycles. The summed E-state index contributed by atoms with van der Waals surface area (Å²) in [5, 5.41) is 0. The molecule has 120 valence electrons. The molecule has 0 aliphatic rings. The smallest absolute Gasteiger partial charge is 0.185 e. The molecule has 2 rings (SSSR count). The Morgan fingerprint density at radius 2 is 1.78 bits per heavy atom. The van der Waals surface area contributed by atoms with Crippen LogP contribution < -0.4 is 0 Å². The van der Waals surface area contributed by atoms with Gasteiger partial charge < -0.3 is 0 Å². The van der Waals surface area contributed by atoms with Gasteiger partial charge in [0.05, 0.1) is 0 Å². The number of halogens is 1. The van der Waals surface area contributed by atoms with Crippen LogP contribution in [0.4, 0.5) is 0 Å². The first-order valence-electron chi connectivity index (χ1n) is 7.91. The highest BCUT2D eigenvalue weighted by atomic mass is 79.9. The van der Waals surface area contributed by atoms with Gasteiger partial charge in [0.1, 0.15) is 0 Å². The van der Waals surface area contributed by atoms with Crippen molar-refractivity contribution in [1.82, 2.24) is 4.90 Å². The highest BCUT2D eigenvalue weighted by Gasteiger charge is 2.05. The van der Waals surface area contributed by atoms with Gasteiger partial charge in [-0.3, -0.25) is 9.69 Å². The van der Waals surface area contributed by atoms with Gasteiger partial charge in [0.2, 0.25) is 0 Å². The maximum Gasteiger partial charge on any atom is 0.185 e. The minimum absolute atomic E-state index is 0.0364. The molecule has 2 aromatic rings. The van der Waals surface area contributed by atoms with Gasteiger partial charge in [-0.15, -0.1) is 0 Å². The zero-order chi connectivity index (χ0) is 16.7. The molecule has 0 spiro atoms. The molecular weight excluding hydrogens is 350 g/mol. The second kappa shape index (κ2) is 8.80. The van der Waals surface area contributed by atoms with Crippen molar-refractivity contribution < 1.29 is 4.79 Å². The van der Waals surface area contributed by atoms with E-state index >= 15 is 0 Å². The van der Waals surface area contributed by atoms with Gasteiger partial charge in [0.25, 0.3) is 0 Å². The van der Waals surface area contributed by atoms with E-state index in [0.717, 1.165) is 35.2 Å². The Balaban J connectivity index is 2.08. The molecule has 0 amide bonds. The van der Waals surface area contributed by atoms with E-state index in [1.165, 1.54) is 5.56 Å². The van der Waals surface area contributed by atoms with Crippen LogP contribution in [-0.4, -0.2) is 23.8 Å². The lowest BCUT2D eigenvalue weighted by Gasteiger charge is -2.18. The summed E-state index contributed by atoms with van der Waals surface area (Å²) < 4.78 is 1.03. The highest BCUT2D eigenvalue weighted by Crippen LogP contribution is 2.13. The Morgan fingerprint density at radius 3 is 2.43 bits per heavy atom. The first-order chi connectivity index (χ1) is 11.1. The van der Waals surface area contributed by atoms with Crippen molar-refractivity contribution in [2.24, 2.45) is 0 Å². The number of ketones is 1. The van der Waals surface area contributed by atoms with Crippen molar-refractivity contribution in [2.75, 3.05) is 13.1 Å². The van der Waals surface area contributed by atoms with Gasteiger partial charge in [0, 0.05) is 16.6 Å². The van der Waals surface area contributed by atoms with Gasteiger partial charge in [0.15, 0.2) is 5.78 Å². The van der Waals surface area contributed by atoms with Crippen molar-refractivity contribution in [3.8, 4) is 0 Å². The first-order valence-corrected chi connectivity index (χ1v) is 8.71. The molecule has 0 N–H and O–H groups in total. The number of rotatable bonds is 7. The fraction of sp³-hybridized carbons (Fsp3) is 0.250. The second-order valence-corrected chi connectivity index (χ2v) is 6.33. The quantitative estimate of drug-likeness (QED) is 0.493. The van der Waals surface area contributed by atoms with E-state index in [-0.39, 0.29) is 5.78 Å². The predicted octanol–water partition coefficient (Wildman–Crippen LogP) is 5.19. The van der Waals surface area contributed by atoms with E-state index in [1.807, 2.05) is 48.5 Å². The zero-order valence-corrected chi connectivity index (χ0v) is 15.2. The van der Waals surface area contributed by atoms with Crippen molar-refractivity contribution in [3.63, 3.8) is 0 Å². The third-order valence-electron chi connectivity index (χ3n) is 3.81. The molecule has 0 radical (unpaired) electrons. The average molecular weight is 372 g/mol. The number of hydrogen-bond donors (Lipinski definition) is 0. The van der Waals surface area contributed by atoms with Crippen LogP contribution in [0, 0.1) is 0 Å². The second-order valence-electron chi connectivity index (χ2n) is 5.41. The summed E-state index contributed by atoms with van der Waals surface area (Å²) in [6.07, 6.45) is 3.49. The maximum absolute atomic E-state index is 12.4. The van der Waals surface area contributed by atoms with Crippen molar-refractivity contribution in [3.05, 3.63) is 75.8 Å². The van der Waals surface area contributed by atoms with Crippen LogP contribution in [0.1, 0.15) is 35.3 Å². The molecule has 0 fully saturated rings. The molecular formula is C20H22BrNO. The van der Waals surface area contributed by atoms with E-state index in [0.29, 0.717) is 0 Å². The van der Waals surface area contributed by atoms with Crippen molar-refractivity contribution in [1.29, 1.82) is 0 Å². The molecule has 3 heteroatoms. The summed E-state index contributed by atoms with van der Waals surface area (Å²) in [5.41, 5.74) is 2.93. The molecule has 0 aromatic heterocycles. The summed E-state index contributed by atoms with van der Waals surface area (Å²) in [5.74, 6) is 0.0364. The Hall–Kier alpha value is -1.71. The Bertz CT molecular complexity index is 672. The van der Waals surface area contributed by atoms with E-state index in [1.54, 1.807) is 6.08 Å². The molecule has 2 nitrogen and oxygen atoms in total. The monoisotopic (exact) mass is 371 g/mol. The fourth-order valence-corrected chi connectivity index (χ4v) is 2.63. The molecule has 0 aliphatic carbocycles. The normalized spacial score (nSPS) is 11.3. The SMILES string of the molecule is CCN(CC)Cc1cccc(C(=O)/C=C/c2ccc(Br)cc2)c1. The summed E-state index contributed by atoms with van der Waals surface area (Å²) >= 11 is 3.41. The lowest BCUT2D eigenvalue weighted by molar-refractivity contribution is 0.104. The highest BCUT2D eigenvalue weighted by molar-refractivity contribution is 9.10. The van der Waals surface area contributed by atoms with Crippen molar-refractivity contribution >= 4 is 27.8 Å². The number of nitrogens with zero attached hydrogens (tertiary/aromatic N) is 1. The Morgan fingerprint density at radius 1 is 1.09 bits per heavy atom. The standard InChI is InChI=1S/C20H22BrNO/c1-3-22(4-2)15-17-6-5-7-18(14-17)20(23)13-10-16-8-11-19(21)12-9-16/h5-14H,3-4,15H2,1-2H3/b13-10+. The van der Waals surface area contributed by atoms with E-state index in [9.17, 15) is 4.79 Å². The number of carbonyl (C=O) groups excluding carboxylic acids is 1. The van der Waals surface area contributed by atoms with Gasteiger partial charge in [-0.1, -0.05) is 66.2 Å². The summed E-state index contributed by atoms with van der Waals surface area (Å²) in [4.78, 5) is 14.7. The third-order valence-corrected chi connectivity index (χ3v) is 4.34. The topological polar surface area (TPSA) is 20.3 Å². The lowest BCUT2D eigenvalue weighted by Crippen LogP contribution is -2.22. The van der Waals surface area contributed by atoms with Crippen LogP contribution in [0.5, 0.6) is 0 Å². The van der Waals surface area contributed by atoms with Gasteiger partial charge in [-0.2, -0.15) is 0 Å². The Labute approximate surface area is 147 Å². The third kappa shape index (κ3) is 5.45. The number of carbonyl (C=O) groups is 1.